The van der Waals surface area contributed by atoms with E-state index in [-0.39, 0.29) is 36.1 Å². The zero-order valence-corrected chi connectivity index (χ0v) is 17.5. The normalized spacial score (nSPS) is 22.9. The number of pyridine rings is 1. The SMILES string of the molecule is CC1=C(F)CN(c2nc(-c3cnc(N)c(OC(F)F)c3)cc(N3C[C@@H]4CC[C@H]3CO4)n2)C1. The number of hydrogen-bond donors (Lipinski definition) is 1. The van der Waals surface area contributed by atoms with E-state index in [4.69, 9.17) is 15.5 Å². The summed E-state index contributed by atoms with van der Waals surface area (Å²) < 4.78 is 50.0. The van der Waals surface area contributed by atoms with Gasteiger partial charge < -0.3 is 25.0 Å². The highest BCUT2D eigenvalue weighted by Crippen LogP contribution is 2.35. The topological polar surface area (TPSA) is 89.6 Å². The van der Waals surface area contributed by atoms with Gasteiger partial charge in [0, 0.05) is 30.9 Å². The van der Waals surface area contributed by atoms with Gasteiger partial charge in [0.15, 0.2) is 11.6 Å². The van der Waals surface area contributed by atoms with E-state index in [1.165, 1.54) is 12.3 Å². The molecule has 0 amide bonds. The van der Waals surface area contributed by atoms with Crippen molar-refractivity contribution in [1.82, 2.24) is 15.0 Å². The summed E-state index contributed by atoms with van der Waals surface area (Å²) in [5.41, 5.74) is 7.22. The predicted molar refractivity (Wildman–Crippen MR) is 112 cm³/mol. The van der Waals surface area contributed by atoms with Crippen LogP contribution in [-0.4, -0.2) is 60.0 Å². The minimum Gasteiger partial charge on any atom is -0.431 e. The molecule has 11 heteroatoms. The van der Waals surface area contributed by atoms with Crippen molar-refractivity contribution in [1.29, 1.82) is 0 Å². The molecule has 2 aromatic heterocycles. The first kappa shape index (κ1) is 20.8. The van der Waals surface area contributed by atoms with Gasteiger partial charge in [-0.1, -0.05) is 0 Å². The summed E-state index contributed by atoms with van der Waals surface area (Å²) in [7, 11) is 0. The summed E-state index contributed by atoms with van der Waals surface area (Å²) in [6, 6.07) is 3.35. The number of nitrogen functional groups attached to an aromatic ring is 1. The van der Waals surface area contributed by atoms with Crippen LogP contribution < -0.4 is 20.3 Å². The van der Waals surface area contributed by atoms with E-state index in [1.807, 2.05) is 0 Å². The highest BCUT2D eigenvalue weighted by molar-refractivity contribution is 5.68. The molecular formula is C21H23F3N6O2. The highest BCUT2D eigenvalue weighted by Gasteiger charge is 2.36. The van der Waals surface area contributed by atoms with E-state index < -0.39 is 6.61 Å². The van der Waals surface area contributed by atoms with Gasteiger partial charge in [0.05, 0.1) is 31.0 Å². The van der Waals surface area contributed by atoms with E-state index in [0.29, 0.717) is 48.3 Å². The first-order valence-electron chi connectivity index (χ1n) is 10.4. The van der Waals surface area contributed by atoms with Crippen LogP contribution in [0.25, 0.3) is 11.3 Å². The largest absolute Gasteiger partial charge is 0.431 e. The predicted octanol–water partition coefficient (Wildman–Crippen LogP) is 3.15. The van der Waals surface area contributed by atoms with Gasteiger partial charge in [-0.15, -0.1) is 0 Å². The number of nitrogens with two attached hydrogens (primary N) is 1. The summed E-state index contributed by atoms with van der Waals surface area (Å²) in [5, 5.41) is 0. The lowest BCUT2D eigenvalue weighted by Gasteiger charge is -2.45. The van der Waals surface area contributed by atoms with Crippen LogP contribution in [0.3, 0.4) is 0 Å². The molecule has 0 unspecified atom stereocenters. The monoisotopic (exact) mass is 448 g/mol. The van der Waals surface area contributed by atoms with Crippen LogP contribution in [0.2, 0.25) is 0 Å². The van der Waals surface area contributed by atoms with Crippen LogP contribution in [0.1, 0.15) is 19.8 Å². The minimum atomic E-state index is -3.03. The lowest BCUT2D eigenvalue weighted by atomic mass is 9.97. The molecule has 2 bridgehead atoms. The average Bonchev–Trinajstić information content (AvgIpc) is 3.14. The summed E-state index contributed by atoms with van der Waals surface area (Å²) in [6.45, 7) is 0.489. The molecule has 0 spiro atoms. The quantitative estimate of drug-likeness (QED) is 0.746. The van der Waals surface area contributed by atoms with Gasteiger partial charge in [0.2, 0.25) is 5.95 Å². The van der Waals surface area contributed by atoms with Crippen LogP contribution in [0.5, 0.6) is 5.75 Å². The van der Waals surface area contributed by atoms with Gasteiger partial charge in [0.1, 0.15) is 11.6 Å². The summed E-state index contributed by atoms with van der Waals surface area (Å²) >= 11 is 0. The van der Waals surface area contributed by atoms with Crippen molar-refractivity contribution < 1.29 is 22.6 Å². The molecule has 4 aliphatic rings. The summed E-state index contributed by atoms with van der Waals surface area (Å²) in [4.78, 5) is 17.2. The Balaban J connectivity index is 1.55. The van der Waals surface area contributed by atoms with Gasteiger partial charge in [0.25, 0.3) is 0 Å². The van der Waals surface area contributed by atoms with E-state index in [1.54, 1.807) is 17.9 Å². The van der Waals surface area contributed by atoms with Gasteiger partial charge in [-0.05, 0) is 31.4 Å². The number of rotatable bonds is 5. The van der Waals surface area contributed by atoms with E-state index >= 15 is 0 Å². The third-order valence-electron chi connectivity index (χ3n) is 6.08. The smallest absolute Gasteiger partial charge is 0.387 e. The number of ether oxygens (including phenoxy) is 2. The van der Waals surface area contributed by atoms with Crippen LogP contribution in [0.15, 0.2) is 29.7 Å². The first-order valence-corrected chi connectivity index (χ1v) is 10.4. The zero-order valence-electron chi connectivity index (χ0n) is 17.5. The molecule has 3 saturated heterocycles. The Morgan fingerprint density at radius 3 is 2.69 bits per heavy atom. The molecule has 170 valence electrons. The molecule has 2 aromatic rings. The first-order chi connectivity index (χ1) is 15.4. The molecule has 0 saturated carbocycles. The fourth-order valence-corrected chi connectivity index (χ4v) is 4.35. The fraction of sp³-hybridized carbons (Fsp3) is 0.476. The van der Waals surface area contributed by atoms with Crippen molar-refractivity contribution in [2.45, 2.75) is 38.5 Å². The standard InChI is InChI=1S/C21H23F3N6O2/c1-11-7-29(9-15(11)22)21-27-16(12-4-17(32-20(23)24)19(25)26-6-12)5-18(28-21)30-8-14-3-2-13(30)10-31-14/h4-6,13-14,20H,2-3,7-10H2,1H3,(H2,25,26)/t13-,14-/m0/s1. The van der Waals surface area contributed by atoms with E-state index in [2.05, 4.69) is 19.6 Å². The molecule has 0 aromatic carbocycles. The van der Waals surface area contributed by atoms with Gasteiger partial charge in [-0.25, -0.2) is 14.4 Å². The Labute approximate surface area is 182 Å². The minimum absolute atomic E-state index is 0.0869. The lowest BCUT2D eigenvalue weighted by molar-refractivity contribution is -0.0494. The Morgan fingerprint density at radius 2 is 2.06 bits per heavy atom. The van der Waals surface area contributed by atoms with Crippen molar-refractivity contribution in [2.24, 2.45) is 0 Å². The maximum absolute atomic E-state index is 14.1. The highest BCUT2D eigenvalue weighted by atomic mass is 19.3. The van der Waals surface area contributed by atoms with Gasteiger partial charge >= 0.3 is 6.61 Å². The number of anilines is 3. The number of fused-ring (bicyclic) bond motifs is 3. The Bertz CT molecular complexity index is 1040. The maximum atomic E-state index is 14.1. The molecule has 3 fully saturated rings. The molecule has 2 N–H and O–H groups in total. The second-order valence-electron chi connectivity index (χ2n) is 8.28. The number of nitrogens with zero attached hydrogens (tertiary/aromatic N) is 5. The van der Waals surface area contributed by atoms with Crippen LogP contribution in [-0.2, 0) is 4.74 Å². The Morgan fingerprint density at radius 1 is 1.22 bits per heavy atom. The lowest BCUT2D eigenvalue weighted by Crippen LogP contribution is -2.55. The molecule has 2 atom stereocenters. The van der Waals surface area contributed by atoms with Crippen LogP contribution >= 0.6 is 0 Å². The third kappa shape index (κ3) is 3.92. The third-order valence-corrected chi connectivity index (χ3v) is 6.08. The Hall–Kier alpha value is -3.08. The van der Waals surface area contributed by atoms with Crippen LogP contribution in [0.4, 0.5) is 30.8 Å². The number of hydrogen-bond acceptors (Lipinski definition) is 8. The molecular weight excluding hydrogens is 425 g/mol. The van der Waals surface area contributed by atoms with Crippen molar-refractivity contribution >= 4 is 17.6 Å². The fourth-order valence-electron chi connectivity index (χ4n) is 4.35. The molecule has 8 nitrogen and oxygen atoms in total. The molecule has 6 heterocycles. The van der Waals surface area contributed by atoms with Gasteiger partial charge in [-0.3, -0.25) is 0 Å². The average molecular weight is 448 g/mol. The van der Waals surface area contributed by atoms with E-state index in [9.17, 15) is 13.2 Å². The Kier molecular flexibility index (Phi) is 5.28. The van der Waals surface area contributed by atoms with Crippen molar-refractivity contribution in [3.63, 3.8) is 0 Å². The second-order valence-corrected chi connectivity index (χ2v) is 8.28. The summed E-state index contributed by atoms with van der Waals surface area (Å²) in [5.74, 6) is 0.471. The van der Waals surface area contributed by atoms with E-state index in [0.717, 1.165) is 12.8 Å². The number of alkyl halides is 2. The molecule has 32 heavy (non-hydrogen) atoms. The number of halogens is 3. The molecule has 6 rings (SSSR count). The van der Waals surface area contributed by atoms with Crippen LogP contribution in [0, 0.1) is 0 Å². The van der Waals surface area contributed by atoms with Crippen molar-refractivity contribution in [2.75, 3.05) is 41.8 Å². The molecule has 4 aliphatic heterocycles. The number of morpholine rings is 1. The zero-order chi connectivity index (χ0) is 22.4. The summed E-state index contributed by atoms with van der Waals surface area (Å²) in [6.07, 6.45) is 3.58. The molecule has 0 aliphatic carbocycles. The number of piperidine rings is 1. The van der Waals surface area contributed by atoms with Gasteiger partial charge in [-0.2, -0.15) is 13.8 Å². The van der Waals surface area contributed by atoms with Crippen molar-refractivity contribution in [3.05, 3.63) is 29.7 Å². The maximum Gasteiger partial charge on any atom is 0.387 e. The second kappa shape index (κ2) is 8.12. The number of aromatic nitrogens is 3. The molecule has 0 radical (unpaired) electrons. The van der Waals surface area contributed by atoms with Crippen molar-refractivity contribution in [3.8, 4) is 17.0 Å².